The van der Waals surface area contributed by atoms with E-state index in [1.54, 1.807) is 0 Å². The third-order valence-corrected chi connectivity index (χ3v) is 2.72. The first-order valence-corrected chi connectivity index (χ1v) is 5.95. The maximum Gasteiger partial charge on any atom is 0.125 e. The molecule has 0 bridgehead atoms. The van der Waals surface area contributed by atoms with E-state index < -0.39 is 6.10 Å². The van der Waals surface area contributed by atoms with Crippen LogP contribution in [0.1, 0.15) is 32.4 Å². The van der Waals surface area contributed by atoms with Gasteiger partial charge in [-0.05, 0) is 31.0 Å². The molecule has 0 saturated heterocycles. The second-order valence-corrected chi connectivity index (χ2v) is 4.72. The predicted molar refractivity (Wildman–Crippen MR) is 65.1 cm³/mol. The standard InChI is InChI=1S/C12H17BrO2/c1-4-15-11-6-5-9(13)7-10(11)12(14)8(2)3/h5-8,12,14H,4H2,1-3H3. The second kappa shape index (κ2) is 5.52. The zero-order valence-electron chi connectivity index (χ0n) is 9.33. The lowest BCUT2D eigenvalue weighted by molar-refractivity contribution is 0.122. The quantitative estimate of drug-likeness (QED) is 0.909. The molecule has 0 fully saturated rings. The van der Waals surface area contributed by atoms with E-state index in [2.05, 4.69) is 15.9 Å². The predicted octanol–water partition coefficient (Wildman–Crippen LogP) is 3.54. The van der Waals surface area contributed by atoms with Gasteiger partial charge in [0.15, 0.2) is 0 Å². The van der Waals surface area contributed by atoms with Crippen molar-refractivity contribution in [2.75, 3.05) is 6.61 Å². The first-order chi connectivity index (χ1) is 7.06. The number of aliphatic hydroxyl groups excluding tert-OH is 1. The number of benzene rings is 1. The second-order valence-electron chi connectivity index (χ2n) is 3.80. The summed E-state index contributed by atoms with van der Waals surface area (Å²) in [6.07, 6.45) is -0.482. The van der Waals surface area contributed by atoms with E-state index in [-0.39, 0.29) is 5.92 Å². The van der Waals surface area contributed by atoms with Crippen LogP contribution in [0.3, 0.4) is 0 Å². The maximum absolute atomic E-state index is 10.0. The number of aliphatic hydroxyl groups is 1. The molecular weight excluding hydrogens is 256 g/mol. The summed E-state index contributed by atoms with van der Waals surface area (Å²) in [5.41, 5.74) is 0.848. The van der Waals surface area contributed by atoms with Crippen molar-refractivity contribution in [1.82, 2.24) is 0 Å². The molecule has 1 aromatic rings. The van der Waals surface area contributed by atoms with E-state index in [1.165, 1.54) is 0 Å². The molecule has 0 radical (unpaired) electrons. The Hall–Kier alpha value is -0.540. The lowest BCUT2D eigenvalue weighted by Crippen LogP contribution is -2.08. The average molecular weight is 273 g/mol. The summed E-state index contributed by atoms with van der Waals surface area (Å²) in [7, 11) is 0. The fourth-order valence-corrected chi connectivity index (χ4v) is 1.78. The van der Waals surface area contributed by atoms with Gasteiger partial charge in [0.1, 0.15) is 5.75 Å². The van der Waals surface area contributed by atoms with Gasteiger partial charge in [0.05, 0.1) is 12.7 Å². The highest BCUT2D eigenvalue weighted by Crippen LogP contribution is 2.32. The van der Waals surface area contributed by atoms with Gasteiger partial charge in [0.25, 0.3) is 0 Å². The Morgan fingerprint density at radius 2 is 2.07 bits per heavy atom. The van der Waals surface area contributed by atoms with E-state index in [4.69, 9.17) is 4.74 Å². The van der Waals surface area contributed by atoms with Crippen molar-refractivity contribution in [2.24, 2.45) is 5.92 Å². The van der Waals surface area contributed by atoms with Crippen LogP contribution in [0.15, 0.2) is 22.7 Å². The molecular formula is C12H17BrO2. The van der Waals surface area contributed by atoms with Gasteiger partial charge in [0, 0.05) is 10.0 Å². The fourth-order valence-electron chi connectivity index (χ4n) is 1.40. The van der Waals surface area contributed by atoms with Crippen molar-refractivity contribution in [3.8, 4) is 5.75 Å². The van der Waals surface area contributed by atoms with Crippen LogP contribution >= 0.6 is 15.9 Å². The first kappa shape index (κ1) is 12.5. The van der Waals surface area contributed by atoms with Crippen molar-refractivity contribution in [3.63, 3.8) is 0 Å². The summed E-state index contributed by atoms with van der Waals surface area (Å²) in [6.45, 7) is 6.52. The summed E-state index contributed by atoms with van der Waals surface area (Å²) in [4.78, 5) is 0. The molecule has 3 heteroatoms. The molecule has 2 nitrogen and oxygen atoms in total. The molecule has 0 heterocycles. The lowest BCUT2D eigenvalue weighted by atomic mass is 9.98. The molecule has 15 heavy (non-hydrogen) atoms. The summed E-state index contributed by atoms with van der Waals surface area (Å²) in [5, 5.41) is 10.0. The van der Waals surface area contributed by atoms with E-state index in [0.29, 0.717) is 6.61 Å². The Morgan fingerprint density at radius 1 is 1.40 bits per heavy atom. The molecule has 0 aliphatic rings. The zero-order chi connectivity index (χ0) is 11.4. The average Bonchev–Trinajstić information content (AvgIpc) is 2.20. The largest absolute Gasteiger partial charge is 0.493 e. The molecule has 84 valence electrons. The van der Waals surface area contributed by atoms with Gasteiger partial charge in [-0.1, -0.05) is 29.8 Å². The van der Waals surface area contributed by atoms with Crippen LogP contribution in [0.4, 0.5) is 0 Å². The van der Waals surface area contributed by atoms with Gasteiger partial charge in [0.2, 0.25) is 0 Å². The number of ether oxygens (including phenoxy) is 1. The Bertz CT molecular complexity index is 323. The monoisotopic (exact) mass is 272 g/mol. The molecule has 0 aromatic heterocycles. The minimum absolute atomic E-state index is 0.179. The highest BCUT2D eigenvalue weighted by Gasteiger charge is 2.17. The van der Waals surface area contributed by atoms with Crippen molar-refractivity contribution in [3.05, 3.63) is 28.2 Å². The Morgan fingerprint density at radius 3 is 2.60 bits per heavy atom. The number of halogens is 1. The molecule has 1 unspecified atom stereocenters. The summed E-state index contributed by atoms with van der Waals surface area (Å²) in [6, 6.07) is 5.71. The van der Waals surface area contributed by atoms with Gasteiger partial charge in [-0.2, -0.15) is 0 Å². The molecule has 0 saturated carbocycles. The van der Waals surface area contributed by atoms with Crippen LogP contribution in [0, 0.1) is 5.92 Å². The van der Waals surface area contributed by atoms with Crippen LogP contribution in [-0.4, -0.2) is 11.7 Å². The summed E-state index contributed by atoms with van der Waals surface area (Å²) in [5.74, 6) is 0.945. The van der Waals surface area contributed by atoms with Crippen molar-refractivity contribution < 1.29 is 9.84 Å². The smallest absolute Gasteiger partial charge is 0.125 e. The topological polar surface area (TPSA) is 29.5 Å². The molecule has 1 N–H and O–H groups in total. The first-order valence-electron chi connectivity index (χ1n) is 5.16. The van der Waals surface area contributed by atoms with Gasteiger partial charge >= 0.3 is 0 Å². The van der Waals surface area contributed by atoms with Crippen molar-refractivity contribution >= 4 is 15.9 Å². The van der Waals surface area contributed by atoms with Crippen LogP contribution in [0.25, 0.3) is 0 Å². The Balaban J connectivity index is 3.06. The van der Waals surface area contributed by atoms with Gasteiger partial charge < -0.3 is 9.84 Å². The van der Waals surface area contributed by atoms with Crippen LogP contribution in [0.2, 0.25) is 0 Å². The minimum Gasteiger partial charge on any atom is -0.493 e. The minimum atomic E-state index is -0.482. The van der Waals surface area contributed by atoms with Crippen LogP contribution < -0.4 is 4.74 Å². The number of hydrogen-bond acceptors (Lipinski definition) is 2. The summed E-state index contributed by atoms with van der Waals surface area (Å²) >= 11 is 3.40. The molecule has 1 aromatic carbocycles. The third kappa shape index (κ3) is 3.21. The molecule has 0 amide bonds. The van der Waals surface area contributed by atoms with Gasteiger partial charge in [-0.3, -0.25) is 0 Å². The van der Waals surface area contributed by atoms with E-state index in [1.807, 2.05) is 39.0 Å². The lowest BCUT2D eigenvalue weighted by Gasteiger charge is -2.18. The molecule has 0 aliphatic heterocycles. The molecule has 0 aliphatic carbocycles. The number of rotatable bonds is 4. The highest BCUT2D eigenvalue weighted by molar-refractivity contribution is 9.10. The summed E-state index contributed by atoms with van der Waals surface area (Å²) < 4.78 is 6.44. The Labute approximate surface area is 99.4 Å². The van der Waals surface area contributed by atoms with Crippen LogP contribution in [0.5, 0.6) is 5.75 Å². The van der Waals surface area contributed by atoms with Crippen molar-refractivity contribution in [1.29, 1.82) is 0 Å². The van der Waals surface area contributed by atoms with Crippen LogP contribution in [-0.2, 0) is 0 Å². The SMILES string of the molecule is CCOc1ccc(Br)cc1C(O)C(C)C. The normalized spacial score (nSPS) is 12.9. The number of hydrogen-bond donors (Lipinski definition) is 1. The van der Waals surface area contributed by atoms with E-state index >= 15 is 0 Å². The fraction of sp³-hybridized carbons (Fsp3) is 0.500. The molecule has 0 spiro atoms. The van der Waals surface area contributed by atoms with E-state index in [9.17, 15) is 5.11 Å². The zero-order valence-corrected chi connectivity index (χ0v) is 10.9. The van der Waals surface area contributed by atoms with Gasteiger partial charge in [-0.25, -0.2) is 0 Å². The van der Waals surface area contributed by atoms with Crippen molar-refractivity contribution in [2.45, 2.75) is 26.9 Å². The Kier molecular flexibility index (Phi) is 4.61. The highest BCUT2D eigenvalue weighted by atomic mass is 79.9. The van der Waals surface area contributed by atoms with E-state index in [0.717, 1.165) is 15.8 Å². The molecule has 1 rings (SSSR count). The maximum atomic E-state index is 10.0. The molecule has 1 atom stereocenters. The van der Waals surface area contributed by atoms with Gasteiger partial charge in [-0.15, -0.1) is 0 Å². The third-order valence-electron chi connectivity index (χ3n) is 2.22.